The van der Waals surface area contributed by atoms with Crippen molar-refractivity contribution in [1.82, 2.24) is 0 Å². The summed E-state index contributed by atoms with van der Waals surface area (Å²) in [4.78, 5) is 12.2. The molecule has 1 aliphatic heterocycles. The highest BCUT2D eigenvalue weighted by Crippen LogP contribution is 2.43. The number of esters is 1. The Hall–Kier alpha value is -4.18. The predicted octanol–water partition coefficient (Wildman–Crippen LogP) is 3.79. The lowest BCUT2D eigenvalue weighted by molar-refractivity contribution is -0.136. The van der Waals surface area contributed by atoms with Gasteiger partial charge in [-0.1, -0.05) is 23.8 Å². The van der Waals surface area contributed by atoms with Crippen LogP contribution < -0.4 is 19.9 Å². The quantitative estimate of drug-likeness (QED) is 0.511. The second-order valence-electron chi connectivity index (χ2n) is 6.72. The lowest BCUT2D eigenvalue weighted by Gasteiger charge is -2.25. The highest BCUT2D eigenvalue weighted by atomic mass is 16.6. The molecule has 2 N–H and O–H groups in total. The smallest absolute Gasteiger partial charge is 0.349 e. The summed E-state index contributed by atoms with van der Waals surface area (Å²) in [5, 5.41) is 9.51. The molecular formula is C23H18N2O5. The Kier molecular flexibility index (Phi) is 5.14. The van der Waals surface area contributed by atoms with E-state index in [0.717, 1.165) is 5.56 Å². The number of ether oxygens (including phenoxy) is 3. The van der Waals surface area contributed by atoms with Crippen molar-refractivity contribution in [3.8, 4) is 23.3 Å². The number of carbonyl (C=O) groups is 1. The van der Waals surface area contributed by atoms with Gasteiger partial charge in [0.15, 0.2) is 6.61 Å². The number of nitrogens with two attached hydrogens (primary N) is 1. The minimum Gasteiger partial charge on any atom is -0.482 e. The van der Waals surface area contributed by atoms with Crippen molar-refractivity contribution in [1.29, 1.82) is 5.26 Å². The first-order valence-electron chi connectivity index (χ1n) is 9.20. The SMILES string of the molecule is Cc1ccc(OCC(=O)Oc2ccc3c(c2)OC(N)=C(C#N)C3c2ccco2)cc1. The van der Waals surface area contributed by atoms with Crippen molar-refractivity contribution in [2.45, 2.75) is 12.8 Å². The minimum absolute atomic E-state index is 0.0161. The molecule has 4 rings (SSSR count). The third-order valence-electron chi connectivity index (χ3n) is 4.63. The van der Waals surface area contributed by atoms with Crippen LogP contribution in [0.15, 0.2) is 76.7 Å². The Morgan fingerprint density at radius 3 is 2.63 bits per heavy atom. The normalized spacial score (nSPS) is 15.0. The van der Waals surface area contributed by atoms with E-state index < -0.39 is 11.9 Å². The predicted molar refractivity (Wildman–Crippen MR) is 107 cm³/mol. The minimum atomic E-state index is -0.560. The van der Waals surface area contributed by atoms with Crippen molar-refractivity contribution in [3.63, 3.8) is 0 Å². The highest BCUT2D eigenvalue weighted by molar-refractivity contribution is 5.74. The first-order valence-corrected chi connectivity index (χ1v) is 9.20. The van der Waals surface area contributed by atoms with Crippen LogP contribution in [0.3, 0.4) is 0 Å². The molecule has 0 saturated carbocycles. The summed E-state index contributed by atoms with van der Waals surface area (Å²) in [5.41, 5.74) is 7.98. The van der Waals surface area contributed by atoms with Gasteiger partial charge in [-0.15, -0.1) is 0 Å². The maximum absolute atomic E-state index is 12.2. The molecule has 2 heterocycles. The maximum Gasteiger partial charge on any atom is 0.349 e. The molecule has 0 radical (unpaired) electrons. The van der Waals surface area contributed by atoms with Gasteiger partial charge in [-0.3, -0.25) is 0 Å². The second kappa shape index (κ2) is 8.05. The average molecular weight is 402 g/mol. The van der Waals surface area contributed by atoms with Crippen molar-refractivity contribution in [3.05, 3.63) is 89.2 Å². The van der Waals surface area contributed by atoms with Crippen LogP contribution in [0.1, 0.15) is 22.8 Å². The van der Waals surface area contributed by atoms with E-state index in [1.54, 1.807) is 42.5 Å². The fraction of sp³-hybridized carbons (Fsp3) is 0.130. The van der Waals surface area contributed by atoms with Crippen molar-refractivity contribution in [2.75, 3.05) is 6.61 Å². The van der Waals surface area contributed by atoms with E-state index in [1.807, 2.05) is 19.1 Å². The van der Waals surface area contributed by atoms with E-state index in [9.17, 15) is 10.1 Å². The number of hydrogen-bond donors (Lipinski definition) is 1. The van der Waals surface area contributed by atoms with Crippen LogP contribution in [-0.2, 0) is 4.79 Å². The van der Waals surface area contributed by atoms with Crippen molar-refractivity contribution < 1.29 is 23.4 Å². The molecule has 1 unspecified atom stereocenters. The number of furan rings is 1. The standard InChI is InChI=1S/C23H18N2O5/c1-14-4-6-15(7-5-14)28-13-21(26)29-16-8-9-17-20(11-16)30-23(25)18(12-24)22(17)19-3-2-10-27-19/h2-11,22H,13,25H2,1H3. The maximum atomic E-state index is 12.2. The summed E-state index contributed by atoms with van der Waals surface area (Å²) in [6, 6.07) is 17.8. The fourth-order valence-electron chi connectivity index (χ4n) is 3.18. The van der Waals surface area contributed by atoms with Gasteiger partial charge >= 0.3 is 5.97 Å². The van der Waals surface area contributed by atoms with Gasteiger partial charge in [0.1, 0.15) is 34.7 Å². The Balaban J connectivity index is 1.51. The number of allylic oxidation sites excluding steroid dienone is 1. The molecule has 0 fully saturated rings. The number of rotatable bonds is 5. The molecule has 1 aliphatic rings. The molecule has 0 spiro atoms. The fourth-order valence-corrected chi connectivity index (χ4v) is 3.18. The summed E-state index contributed by atoms with van der Waals surface area (Å²) in [7, 11) is 0. The molecular weight excluding hydrogens is 384 g/mol. The summed E-state index contributed by atoms with van der Waals surface area (Å²) >= 11 is 0. The Bertz CT molecular complexity index is 1140. The van der Waals surface area contributed by atoms with E-state index in [4.69, 9.17) is 24.4 Å². The van der Waals surface area contributed by atoms with Crippen LogP contribution in [0, 0.1) is 18.3 Å². The number of nitrogens with zero attached hydrogens (tertiary/aromatic N) is 1. The summed E-state index contributed by atoms with van der Waals surface area (Å²) in [6.07, 6.45) is 1.53. The molecule has 30 heavy (non-hydrogen) atoms. The number of benzene rings is 2. The molecule has 3 aromatic rings. The van der Waals surface area contributed by atoms with Crippen LogP contribution in [0.5, 0.6) is 17.2 Å². The third-order valence-corrected chi connectivity index (χ3v) is 4.63. The third kappa shape index (κ3) is 3.84. The molecule has 2 aromatic carbocycles. The summed E-state index contributed by atoms with van der Waals surface area (Å²) in [5.74, 6) is 0.733. The lowest BCUT2D eigenvalue weighted by Crippen LogP contribution is -2.21. The molecule has 0 amide bonds. The Morgan fingerprint density at radius 2 is 1.93 bits per heavy atom. The van der Waals surface area contributed by atoms with Gasteiger partial charge in [-0.25, -0.2) is 4.79 Å². The second-order valence-corrected chi connectivity index (χ2v) is 6.72. The number of carbonyl (C=O) groups excluding carboxylic acids is 1. The van der Waals surface area contributed by atoms with Crippen LogP contribution in [-0.4, -0.2) is 12.6 Å². The van der Waals surface area contributed by atoms with E-state index in [1.165, 1.54) is 6.26 Å². The zero-order valence-electron chi connectivity index (χ0n) is 16.1. The van der Waals surface area contributed by atoms with Crippen LogP contribution in [0.4, 0.5) is 0 Å². The number of fused-ring (bicyclic) bond motifs is 1. The molecule has 7 nitrogen and oxygen atoms in total. The first kappa shape index (κ1) is 19.2. The monoisotopic (exact) mass is 402 g/mol. The number of nitriles is 1. The molecule has 0 saturated heterocycles. The molecule has 1 atom stereocenters. The number of aryl methyl sites for hydroxylation is 1. The summed E-state index contributed by atoms with van der Waals surface area (Å²) < 4.78 is 21.9. The van der Waals surface area contributed by atoms with Crippen LogP contribution in [0.2, 0.25) is 0 Å². The zero-order valence-corrected chi connectivity index (χ0v) is 16.1. The average Bonchev–Trinajstić information content (AvgIpc) is 3.26. The number of hydrogen-bond acceptors (Lipinski definition) is 7. The van der Waals surface area contributed by atoms with Crippen LogP contribution in [0.25, 0.3) is 0 Å². The highest BCUT2D eigenvalue weighted by Gasteiger charge is 2.32. The topological polar surface area (TPSA) is 108 Å². The van der Waals surface area contributed by atoms with Gasteiger partial charge in [0, 0.05) is 11.6 Å². The summed E-state index contributed by atoms with van der Waals surface area (Å²) in [6.45, 7) is 1.73. The molecule has 150 valence electrons. The Labute approximate surface area is 172 Å². The van der Waals surface area contributed by atoms with E-state index in [0.29, 0.717) is 22.8 Å². The van der Waals surface area contributed by atoms with E-state index >= 15 is 0 Å². The molecule has 1 aromatic heterocycles. The largest absolute Gasteiger partial charge is 0.482 e. The van der Waals surface area contributed by atoms with Crippen molar-refractivity contribution >= 4 is 5.97 Å². The van der Waals surface area contributed by atoms with Gasteiger partial charge in [0.05, 0.1) is 12.2 Å². The molecule has 7 heteroatoms. The van der Waals surface area contributed by atoms with Gasteiger partial charge < -0.3 is 24.4 Å². The Morgan fingerprint density at radius 1 is 1.17 bits per heavy atom. The lowest BCUT2D eigenvalue weighted by atomic mass is 9.87. The van der Waals surface area contributed by atoms with Gasteiger partial charge in [-0.2, -0.15) is 5.26 Å². The van der Waals surface area contributed by atoms with Gasteiger partial charge in [0.2, 0.25) is 5.88 Å². The van der Waals surface area contributed by atoms with Gasteiger partial charge in [-0.05, 0) is 37.3 Å². The van der Waals surface area contributed by atoms with Crippen molar-refractivity contribution in [2.24, 2.45) is 5.73 Å². The molecule has 0 aliphatic carbocycles. The first-order chi connectivity index (χ1) is 14.5. The van der Waals surface area contributed by atoms with E-state index in [2.05, 4.69) is 6.07 Å². The van der Waals surface area contributed by atoms with Gasteiger partial charge in [0.25, 0.3) is 0 Å². The zero-order chi connectivity index (χ0) is 21.1. The van der Waals surface area contributed by atoms with Crippen LogP contribution >= 0.6 is 0 Å². The van der Waals surface area contributed by atoms with E-state index in [-0.39, 0.29) is 23.8 Å². The molecule has 0 bridgehead atoms.